The molecule has 0 spiro atoms. The third-order valence-electron chi connectivity index (χ3n) is 6.20. The van der Waals surface area contributed by atoms with E-state index in [1.807, 2.05) is 12.2 Å². The van der Waals surface area contributed by atoms with Crippen LogP contribution in [-0.2, 0) is 12.8 Å². The van der Waals surface area contributed by atoms with Crippen LogP contribution in [0.1, 0.15) is 33.0 Å². The van der Waals surface area contributed by atoms with E-state index in [0.717, 1.165) is 6.42 Å². The van der Waals surface area contributed by atoms with Crippen molar-refractivity contribution in [1.82, 2.24) is 0 Å². The van der Waals surface area contributed by atoms with Gasteiger partial charge in [-0.05, 0) is 62.9 Å². The molecule has 6 rings (SSSR count). The van der Waals surface area contributed by atoms with Crippen molar-refractivity contribution in [2.45, 2.75) is 12.8 Å². The van der Waals surface area contributed by atoms with Crippen molar-refractivity contribution >= 4 is 21.3 Å². The first-order valence-electron chi connectivity index (χ1n) is 10.5. The second-order valence-electron chi connectivity index (χ2n) is 7.83. The van der Waals surface area contributed by atoms with Gasteiger partial charge in [-0.15, -0.1) is 0 Å². The van der Waals surface area contributed by atoms with Crippen LogP contribution in [0, 0.1) is 0 Å². The van der Waals surface area contributed by atoms with E-state index in [4.69, 9.17) is 0 Å². The molecule has 0 saturated heterocycles. The first kappa shape index (κ1) is 18.7. The minimum absolute atomic E-state index is 0.421. The van der Waals surface area contributed by atoms with Crippen molar-refractivity contribution in [1.29, 1.82) is 0 Å². The summed E-state index contributed by atoms with van der Waals surface area (Å²) in [6.07, 6.45) is 6.05. The Balaban J connectivity index is 0.000000133. The van der Waals surface area contributed by atoms with Crippen LogP contribution in [0.5, 0.6) is 0 Å². The lowest BCUT2D eigenvalue weighted by Crippen LogP contribution is -1.90. The van der Waals surface area contributed by atoms with E-state index < -0.39 is 0 Å². The van der Waals surface area contributed by atoms with Gasteiger partial charge in [0, 0.05) is 9.12 Å². The van der Waals surface area contributed by atoms with Crippen molar-refractivity contribution in [3.05, 3.63) is 125 Å². The van der Waals surface area contributed by atoms with Crippen LogP contribution in [0.4, 0.5) is 0 Å². The molecular weight excluding hydrogens is 376 g/mol. The van der Waals surface area contributed by atoms with Crippen molar-refractivity contribution in [2.75, 3.05) is 0 Å². The Morgan fingerprint density at radius 2 is 1.30 bits per heavy atom. The molecule has 30 heavy (non-hydrogen) atoms. The van der Waals surface area contributed by atoms with Crippen LogP contribution in [0.25, 0.3) is 34.4 Å². The Bertz CT molecular complexity index is 1240. The van der Waals surface area contributed by atoms with E-state index in [0.29, 0.717) is 9.12 Å². The van der Waals surface area contributed by atoms with Gasteiger partial charge >= 0.3 is 0 Å². The van der Waals surface area contributed by atoms with Gasteiger partial charge in [-0.3, -0.25) is 0 Å². The molecule has 0 bridgehead atoms. The summed E-state index contributed by atoms with van der Waals surface area (Å²) in [4.78, 5) is 0. The molecule has 0 saturated carbocycles. The number of hydrogen-bond acceptors (Lipinski definition) is 0. The summed E-state index contributed by atoms with van der Waals surface area (Å²) >= 11 is 0. The van der Waals surface area contributed by atoms with Crippen molar-refractivity contribution in [2.24, 2.45) is 0 Å². The van der Waals surface area contributed by atoms with Gasteiger partial charge in [-0.25, -0.2) is 0 Å². The molecule has 144 valence electrons. The molecule has 3 aromatic carbocycles. The van der Waals surface area contributed by atoms with Gasteiger partial charge in [0.15, 0.2) is 0 Å². The Hall–Kier alpha value is -3.29. The molecule has 0 radical (unpaired) electrons. The van der Waals surface area contributed by atoms with Gasteiger partial charge in [-0.2, -0.15) is 0 Å². The number of fused-ring (bicyclic) bond motifs is 6. The molecule has 0 aliphatic heterocycles. The molecule has 2 aliphatic rings. The highest BCUT2D eigenvalue weighted by molar-refractivity contribution is 6.33. The van der Waals surface area contributed by atoms with Crippen molar-refractivity contribution in [3.8, 4) is 22.3 Å². The minimum atomic E-state index is 0.421. The van der Waals surface area contributed by atoms with Gasteiger partial charge in [0.25, 0.3) is 0 Å². The zero-order valence-corrected chi connectivity index (χ0v) is 18.2. The Morgan fingerprint density at radius 1 is 0.633 bits per heavy atom. The fourth-order valence-corrected chi connectivity index (χ4v) is 5.98. The normalized spacial score (nSPS) is 12.0. The second kappa shape index (κ2) is 7.85. The minimum Gasteiger partial charge on any atom is -0.0984 e. The van der Waals surface area contributed by atoms with E-state index in [-0.39, 0.29) is 0 Å². The fourth-order valence-electron chi connectivity index (χ4n) is 4.75. The number of hydrogen-bond donors (Lipinski definition) is 0. The van der Waals surface area contributed by atoms with E-state index in [2.05, 4.69) is 91.6 Å². The second-order valence-corrected chi connectivity index (χ2v) is 9.24. The van der Waals surface area contributed by atoms with Crippen molar-refractivity contribution in [3.63, 3.8) is 0 Å². The van der Waals surface area contributed by atoms with Gasteiger partial charge in [-0.1, -0.05) is 109 Å². The third kappa shape index (κ3) is 3.12. The summed E-state index contributed by atoms with van der Waals surface area (Å²) in [5.41, 5.74) is 14.7. The van der Waals surface area contributed by atoms with E-state index in [1.54, 1.807) is 5.17 Å². The zero-order valence-electron chi connectivity index (χ0n) is 17.1. The third-order valence-corrected chi connectivity index (χ3v) is 7.53. The molecule has 1 aromatic heterocycles. The summed E-state index contributed by atoms with van der Waals surface area (Å²) in [6.45, 7) is 7.80. The lowest BCUT2D eigenvalue weighted by Gasteiger charge is -2.08. The van der Waals surface area contributed by atoms with Crippen molar-refractivity contribution < 1.29 is 0 Å². The molecule has 0 nitrogen and oxygen atoms in total. The zero-order chi connectivity index (χ0) is 20.5. The van der Waals surface area contributed by atoms with Gasteiger partial charge in [0.2, 0.25) is 0 Å². The van der Waals surface area contributed by atoms with E-state index in [1.165, 1.54) is 56.5 Å². The van der Waals surface area contributed by atoms with Crippen LogP contribution >= 0.6 is 0 Å². The molecular formula is C29H24Si. The summed E-state index contributed by atoms with van der Waals surface area (Å²) < 4.78 is 0. The van der Waals surface area contributed by atoms with Crippen LogP contribution in [0.3, 0.4) is 0 Å². The largest absolute Gasteiger partial charge is 0.0984 e. The maximum absolute atomic E-state index is 3.93. The molecule has 1 heteroatoms. The average Bonchev–Trinajstić information content (AvgIpc) is 3.37. The van der Waals surface area contributed by atoms with Crippen LogP contribution in [0.15, 0.2) is 91.6 Å². The maximum atomic E-state index is 3.93. The smallest absolute Gasteiger partial charge is 0.0252 e. The quantitative estimate of drug-likeness (QED) is 0.278. The first-order valence-corrected chi connectivity index (χ1v) is 11.7. The molecule has 2 aliphatic carbocycles. The molecule has 1 heterocycles. The Kier molecular flexibility index (Phi) is 4.90. The van der Waals surface area contributed by atoms with E-state index >= 15 is 0 Å². The molecule has 0 N–H and O–H groups in total. The number of benzene rings is 3. The predicted octanol–water partition coefficient (Wildman–Crippen LogP) is 6.87. The van der Waals surface area contributed by atoms with Gasteiger partial charge in [0.05, 0.1) is 0 Å². The molecule has 4 aromatic rings. The molecule has 0 fully saturated rings. The molecule has 0 atom stereocenters. The van der Waals surface area contributed by atoms with Crippen LogP contribution < -0.4 is 0 Å². The predicted molar refractivity (Wildman–Crippen MR) is 132 cm³/mol. The monoisotopic (exact) mass is 400 g/mol. The standard InChI is InChI=1S/C17H14.C12H10Si/c1-3-12-9-10-16-15-8-6-5-7-13(15)11-17(16)14(12)4-2;1-2-5-10-9(4-1)8-12-11(10)6-3-7-13-12/h3-10H,1-2,11H2;1-7,13H,8H2. The highest BCUT2D eigenvalue weighted by Crippen LogP contribution is 2.39. The lowest BCUT2D eigenvalue weighted by atomic mass is 9.96. The average molecular weight is 401 g/mol. The maximum Gasteiger partial charge on any atom is 0.0252 e. The van der Waals surface area contributed by atoms with Crippen LogP contribution in [0.2, 0.25) is 0 Å². The summed E-state index contributed by atoms with van der Waals surface area (Å²) in [5, 5.41) is 1.67. The topological polar surface area (TPSA) is 0 Å². The lowest BCUT2D eigenvalue weighted by molar-refractivity contribution is 1.25. The van der Waals surface area contributed by atoms with Crippen LogP contribution in [-0.4, -0.2) is 9.12 Å². The van der Waals surface area contributed by atoms with Gasteiger partial charge < -0.3 is 0 Å². The summed E-state index contributed by atoms with van der Waals surface area (Å²) in [6, 6.07) is 26.2. The Labute approximate surface area is 181 Å². The molecule has 0 unspecified atom stereocenters. The fraction of sp³-hybridized carbons (Fsp3) is 0.0690. The highest BCUT2D eigenvalue weighted by atomic mass is 28.2. The summed E-state index contributed by atoms with van der Waals surface area (Å²) in [5.74, 6) is 0. The Morgan fingerprint density at radius 3 is 2.03 bits per heavy atom. The highest BCUT2D eigenvalue weighted by Gasteiger charge is 2.20. The summed E-state index contributed by atoms with van der Waals surface area (Å²) in [7, 11) is 0.421. The SMILES string of the molecule is C=Cc1ccc2c(c1C=C)Cc1ccccc1-2.c1ccc2c(c1)Cc1[siH]cccc1-2. The van der Waals surface area contributed by atoms with Gasteiger partial charge in [0.1, 0.15) is 0 Å². The van der Waals surface area contributed by atoms with E-state index in [9.17, 15) is 0 Å². The first-order chi connectivity index (χ1) is 14.8. The molecule has 0 amide bonds. The number of rotatable bonds is 2.